The van der Waals surface area contributed by atoms with Gasteiger partial charge in [0.15, 0.2) is 17.3 Å². The minimum absolute atomic E-state index is 0.113. The van der Waals surface area contributed by atoms with Crippen LogP contribution in [0.4, 0.5) is 0 Å². The van der Waals surface area contributed by atoms with Crippen molar-refractivity contribution in [2.24, 2.45) is 0 Å². The van der Waals surface area contributed by atoms with E-state index in [9.17, 15) is 50.8 Å². The molecule has 0 amide bonds. The second-order valence-electron chi connectivity index (χ2n) is 10.2. The molecule has 228 valence electrons. The highest BCUT2D eigenvalue weighted by molar-refractivity contribution is 5.91. The number of benzene rings is 2. The van der Waals surface area contributed by atoms with Gasteiger partial charge in [-0.1, -0.05) is 0 Å². The van der Waals surface area contributed by atoms with E-state index in [2.05, 4.69) is 0 Å². The van der Waals surface area contributed by atoms with Crippen LogP contribution < -0.4 is 14.9 Å². The lowest BCUT2D eigenvalue weighted by atomic mass is 10.00. The van der Waals surface area contributed by atoms with E-state index in [1.807, 2.05) is 0 Å². The Morgan fingerprint density at radius 3 is 1.71 bits per heavy atom. The Hall–Kier alpha value is -3.67. The van der Waals surface area contributed by atoms with Crippen molar-refractivity contribution in [2.75, 3.05) is 0 Å². The fourth-order valence-corrected chi connectivity index (χ4v) is 4.77. The molecule has 2 fully saturated rings. The maximum absolute atomic E-state index is 13.9. The summed E-state index contributed by atoms with van der Waals surface area (Å²) in [7, 11) is 0. The average molecular weight is 595 g/mol. The number of fused-ring (bicyclic) bond motifs is 1. The first kappa shape index (κ1) is 29.8. The van der Waals surface area contributed by atoms with E-state index in [0.29, 0.717) is 0 Å². The van der Waals surface area contributed by atoms with E-state index in [-0.39, 0.29) is 22.7 Å². The molecule has 2 aliphatic heterocycles. The summed E-state index contributed by atoms with van der Waals surface area (Å²) in [5, 5.41) is 91.9. The van der Waals surface area contributed by atoms with Gasteiger partial charge in [-0.15, -0.1) is 0 Å². The molecule has 42 heavy (non-hydrogen) atoms. The van der Waals surface area contributed by atoms with Gasteiger partial charge in [0.2, 0.25) is 29.5 Å². The lowest BCUT2D eigenvalue weighted by Gasteiger charge is -2.39. The lowest BCUT2D eigenvalue weighted by Crippen LogP contribution is -2.58. The number of rotatable bonds is 5. The quantitative estimate of drug-likeness (QED) is 0.172. The zero-order chi connectivity index (χ0) is 30.6. The number of aromatic hydroxyl groups is 3. The van der Waals surface area contributed by atoms with Gasteiger partial charge in [0, 0.05) is 11.6 Å². The minimum Gasteiger partial charge on any atom is -0.508 e. The van der Waals surface area contributed by atoms with Gasteiger partial charge >= 0.3 is 0 Å². The van der Waals surface area contributed by atoms with Crippen LogP contribution in [0, 0.1) is 0 Å². The summed E-state index contributed by atoms with van der Waals surface area (Å²) in [6.07, 6.45) is -15.4. The van der Waals surface area contributed by atoms with Gasteiger partial charge in [-0.25, -0.2) is 0 Å². The lowest BCUT2D eigenvalue weighted by molar-refractivity contribution is -0.268. The van der Waals surface area contributed by atoms with E-state index >= 15 is 0 Å². The third-order valence-corrected chi connectivity index (χ3v) is 7.26. The Balaban J connectivity index is 1.63. The molecule has 0 spiro atoms. The molecule has 9 N–H and O–H groups in total. The Labute approximate surface area is 236 Å². The number of aliphatic hydroxyl groups excluding tert-OH is 6. The fourth-order valence-electron chi connectivity index (χ4n) is 4.77. The molecule has 2 aromatic carbocycles. The van der Waals surface area contributed by atoms with Gasteiger partial charge in [-0.2, -0.15) is 0 Å². The summed E-state index contributed by atoms with van der Waals surface area (Å²) < 4.78 is 27.8. The number of aliphatic hydroxyl groups is 6. The van der Waals surface area contributed by atoms with Crippen LogP contribution in [0.5, 0.6) is 28.7 Å². The van der Waals surface area contributed by atoms with E-state index in [4.69, 9.17) is 23.4 Å². The average Bonchev–Trinajstić information content (AvgIpc) is 2.95. The van der Waals surface area contributed by atoms with Crippen LogP contribution in [0.1, 0.15) is 13.8 Å². The molecule has 10 atom stereocenters. The van der Waals surface area contributed by atoms with Crippen molar-refractivity contribution in [3.05, 3.63) is 40.6 Å². The largest absolute Gasteiger partial charge is 0.508 e. The highest BCUT2D eigenvalue weighted by Crippen LogP contribution is 2.45. The van der Waals surface area contributed by atoms with E-state index in [1.54, 1.807) is 0 Å². The minimum atomic E-state index is -1.82. The van der Waals surface area contributed by atoms with Gasteiger partial charge in [-0.05, 0) is 38.1 Å². The highest BCUT2D eigenvalue weighted by Gasteiger charge is 2.45. The zero-order valence-electron chi connectivity index (χ0n) is 22.1. The van der Waals surface area contributed by atoms with Gasteiger partial charge in [-0.3, -0.25) is 4.79 Å². The van der Waals surface area contributed by atoms with Crippen LogP contribution in [-0.4, -0.2) is 107 Å². The molecule has 0 unspecified atom stereocenters. The van der Waals surface area contributed by atoms with E-state index < -0.39 is 95.2 Å². The smallest absolute Gasteiger partial charge is 0.239 e. The molecule has 0 saturated carbocycles. The highest BCUT2D eigenvalue weighted by atomic mass is 16.7. The zero-order valence-corrected chi connectivity index (χ0v) is 22.1. The van der Waals surface area contributed by atoms with Crippen LogP contribution in [0.3, 0.4) is 0 Å². The molecule has 15 heteroatoms. The summed E-state index contributed by atoms with van der Waals surface area (Å²) in [5.74, 6) is -3.48. The summed E-state index contributed by atoms with van der Waals surface area (Å²) >= 11 is 0. The molecule has 2 aliphatic rings. The van der Waals surface area contributed by atoms with Gasteiger partial charge in [0.1, 0.15) is 53.3 Å². The molecule has 0 radical (unpaired) electrons. The van der Waals surface area contributed by atoms with Crippen molar-refractivity contribution in [3.63, 3.8) is 0 Å². The van der Waals surface area contributed by atoms with Crippen LogP contribution in [-0.2, 0) is 9.47 Å². The first-order valence-electron chi connectivity index (χ1n) is 12.9. The molecule has 2 saturated heterocycles. The molecule has 3 aromatic rings. The fraction of sp³-hybridized carbons (Fsp3) is 0.444. The molecule has 3 heterocycles. The van der Waals surface area contributed by atoms with Gasteiger partial charge in [0.25, 0.3) is 0 Å². The van der Waals surface area contributed by atoms with Crippen molar-refractivity contribution in [1.29, 1.82) is 0 Å². The second-order valence-corrected chi connectivity index (χ2v) is 10.2. The third kappa shape index (κ3) is 5.10. The second kappa shape index (κ2) is 11.2. The summed E-state index contributed by atoms with van der Waals surface area (Å²) in [6, 6.07) is 6.23. The van der Waals surface area contributed by atoms with Crippen LogP contribution in [0.25, 0.3) is 22.3 Å². The molecular weight excluding hydrogens is 564 g/mol. The number of phenols is 3. The monoisotopic (exact) mass is 594 g/mol. The van der Waals surface area contributed by atoms with Crippen molar-refractivity contribution < 1.29 is 69.3 Å². The van der Waals surface area contributed by atoms with Gasteiger partial charge in [0.05, 0.1) is 12.2 Å². The topological polar surface area (TPSA) is 249 Å². The maximum Gasteiger partial charge on any atom is 0.239 e. The van der Waals surface area contributed by atoms with E-state index in [1.165, 1.54) is 38.1 Å². The predicted octanol–water partition coefficient (Wildman–Crippen LogP) is -1.01. The summed E-state index contributed by atoms with van der Waals surface area (Å²) in [4.78, 5) is 13.9. The first-order chi connectivity index (χ1) is 19.8. The maximum atomic E-state index is 13.9. The van der Waals surface area contributed by atoms with Crippen molar-refractivity contribution in [2.45, 2.75) is 75.3 Å². The van der Waals surface area contributed by atoms with Crippen LogP contribution in [0.15, 0.2) is 39.5 Å². The third-order valence-electron chi connectivity index (χ3n) is 7.26. The molecule has 5 rings (SSSR count). The van der Waals surface area contributed by atoms with Gasteiger partial charge < -0.3 is 69.3 Å². The van der Waals surface area contributed by atoms with E-state index in [0.717, 1.165) is 6.07 Å². The molecule has 0 bridgehead atoms. The standard InChI is InChI=1S/C27H30O15/c1-8-15(30)19(34)21(36)26(38-8)41-24-12(29)7-13-14(17(24)32)18(33)25(23(40-13)10-3-5-11(28)6-4-10)42-27-22(37)20(35)16(31)9(2)39-27/h3-9,15-16,19-22,26-32,34-37H,1-2H3/t8-,9-,15-,16-,19+,20+,21+,22+,26-,27-/m0/s1. The molecule has 1 aromatic heterocycles. The predicted molar refractivity (Wildman–Crippen MR) is 139 cm³/mol. The normalized spacial score (nSPS) is 33.4. The molecule has 15 nitrogen and oxygen atoms in total. The van der Waals surface area contributed by atoms with Crippen molar-refractivity contribution in [1.82, 2.24) is 0 Å². The molecule has 0 aliphatic carbocycles. The first-order valence-corrected chi connectivity index (χ1v) is 12.9. The Bertz CT molecular complexity index is 1500. The van der Waals surface area contributed by atoms with Crippen molar-refractivity contribution >= 4 is 11.0 Å². The number of ether oxygens (including phenoxy) is 4. The summed E-state index contributed by atoms with van der Waals surface area (Å²) in [6.45, 7) is 2.79. The van der Waals surface area contributed by atoms with Crippen molar-refractivity contribution in [3.8, 4) is 40.1 Å². The molecular formula is C27H30O15. The number of hydrogen-bond acceptors (Lipinski definition) is 15. The summed E-state index contributed by atoms with van der Waals surface area (Å²) in [5.41, 5.74) is -1.24. The Morgan fingerprint density at radius 2 is 1.19 bits per heavy atom. The Morgan fingerprint density at radius 1 is 0.690 bits per heavy atom. The Kier molecular flexibility index (Phi) is 7.95. The number of phenolic OH excluding ortho intramolecular Hbond substituents is 3. The number of hydrogen-bond donors (Lipinski definition) is 9. The SMILES string of the molecule is C[C@@H]1O[C@@H](Oc2c(O)cc3oc(-c4ccc(O)cc4)c(O[C@@H]4O[C@@H](C)[C@H](O)[C@@H](O)[C@H]4O)c(=O)c3c2O)[C@H](O)[C@H](O)[C@H]1O. The van der Waals surface area contributed by atoms with Crippen LogP contribution in [0.2, 0.25) is 0 Å². The van der Waals surface area contributed by atoms with Crippen LogP contribution >= 0.6 is 0 Å².